The highest BCUT2D eigenvalue weighted by Crippen LogP contribution is 2.39. The predicted octanol–water partition coefficient (Wildman–Crippen LogP) is 4.69. The van der Waals surface area contributed by atoms with Gasteiger partial charge in [-0.2, -0.15) is 10.4 Å². The van der Waals surface area contributed by atoms with Gasteiger partial charge in [-0.15, -0.1) is 0 Å². The van der Waals surface area contributed by atoms with Crippen LogP contribution in [0.2, 0.25) is 0 Å². The van der Waals surface area contributed by atoms with Gasteiger partial charge in [-0.25, -0.2) is 19.0 Å². The van der Waals surface area contributed by atoms with Crippen LogP contribution < -0.4 is 4.74 Å². The molecule has 8 heteroatoms. The largest absolute Gasteiger partial charge is 0.495 e. The number of hydrogen-bond donors (Lipinski definition) is 0. The minimum Gasteiger partial charge on any atom is -0.495 e. The van der Waals surface area contributed by atoms with Crippen LogP contribution in [0.15, 0.2) is 55.0 Å². The first-order chi connectivity index (χ1) is 16.5. The number of aryl methyl sites for hydroxylation is 2. The first-order valence-corrected chi connectivity index (χ1v) is 11.0. The molecule has 1 atom stereocenters. The van der Waals surface area contributed by atoms with Crippen LogP contribution in [-0.4, -0.2) is 31.4 Å². The van der Waals surface area contributed by atoms with E-state index in [1.54, 1.807) is 30.3 Å². The topological polar surface area (TPSA) is 81.5 Å². The molecule has 4 aromatic rings. The number of fused-ring (bicyclic) bond motifs is 1. The van der Waals surface area contributed by atoms with Crippen LogP contribution in [0.1, 0.15) is 41.3 Å². The second-order valence-electron chi connectivity index (χ2n) is 8.33. The maximum Gasteiger partial charge on any atom is 0.174 e. The van der Waals surface area contributed by atoms with Crippen molar-refractivity contribution in [3.05, 3.63) is 89.3 Å². The van der Waals surface area contributed by atoms with Gasteiger partial charge in [-0.1, -0.05) is 24.3 Å². The van der Waals surface area contributed by atoms with E-state index in [-0.39, 0.29) is 5.82 Å². The van der Waals surface area contributed by atoms with Gasteiger partial charge in [0.2, 0.25) is 0 Å². The summed E-state index contributed by atoms with van der Waals surface area (Å²) in [5.74, 6) is 1.40. The second-order valence-corrected chi connectivity index (χ2v) is 8.33. The molecule has 0 fully saturated rings. The van der Waals surface area contributed by atoms with Gasteiger partial charge >= 0.3 is 0 Å². The van der Waals surface area contributed by atoms with Crippen molar-refractivity contribution in [2.24, 2.45) is 0 Å². The highest BCUT2D eigenvalue weighted by atomic mass is 19.1. The smallest absolute Gasteiger partial charge is 0.174 e. The maximum absolute atomic E-state index is 13.9. The fourth-order valence-corrected chi connectivity index (χ4v) is 4.44. The zero-order valence-electron chi connectivity index (χ0n) is 18.9. The molecular weight excluding hydrogens is 431 g/mol. The molecule has 0 bridgehead atoms. The summed E-state index contributed by atoms with van der Waals surface area (Å²) in [6.45, 7) is 2.61. The number of rotatable bonds is 5. The molecule has 0 spiro atoms. The minimum absolute atomic E-state index is 0.368. The van der Waals surface area contributed by atoms with Crippen molar-refractivity contribution >= 4 is 12.2 Å². The number of aromatic nitrogens is 5. The van der Waals surface area contributed by atoms with Crippen molar-refractivity contribution in [2.75, 3.05) is 7.11 Å². The standard InChI is InChI=1S/C26H23FN6O/c1-18-15-32(17-29-18)22-9-7-19(13-23(22)34-2)8-10-24-30-25-26(16-28,11-4-12-33(25)31-24)20-5-3-6-21(27)14-20/h3,5-10,13-15,17H,4,11-12H2,1-2H3/b10-8+. The van der Waals surface area contributed by atoms with Gasteiger partial charge in [0, 0.05) is 12.7 Å². The number of imidazole rings is 1. The Bertz CT molecular complexity index is 1430. The lowest BCUT2D eigenvalue weighted by atomic mass is 9.75. The Balaban J connectivity index is 1.47. The van der Waals surface area contributed by atoms with E-state index in [1.807, 2.05) is 48.0 Å². The van der Waals surface area contributed by atoms with Crippen LogP contribution in [-0.2, 0) is 12.0 Å². The molecule has 2 aromatic heterocycles. The summed E-state index contributed by atoms with van der Waals surface area (Å²) >= 11 is 0. The van der Waals surface area contributed by atoms with E-state index in [0.717, 1.165) is 23.4 Å². The average molecular weight is 455 g/mol. The molecule has 34 heavy (non-hydrogen) atoms. The molecule has 0 saturated heterocycles. The van der Waals surface area contributed by atoms with Crippen molar-refractivity contribution in [1.82, 2.24) is 24.3 Å². The van der Waals surface area contributed by atoms with Crippen molar-refractivity contribution in [2.45, 2.75) is 31.7 Å². The van der Waals surface area contributed by atoms with Crippen LogP contribution >= 0.6 is 0 Å². The van der Waals surface area contributed by atoms with Gasteiger partial charge in [-0.05, 0) is 61.2 Å². The third kappa shape index (κ3) is 3.75. The highest BCUT2D eigenvalue weighted by Gasteiger charge is 2.42. The molecule has 7 nitrogen and oxygen atoms in total. The lowest BCUT2D eigenvalue weighted by Gasteiger charge is -2.30. The van der Waals surface area contributed by atoms with Crippen LogP contribution in [0.4, 0.5) is 4.39 Å². The Morgan fingerprint density at radius 2 is 2.09 bits per heavy atom. The van der Waals surface area contributed by atoms with Gasteiger partial charge < -0.3 is 9.30 Å². The maximum atomic E-state index is 13.9. The third-order valence-electron chi connectivity index (χ3n) is 6.12. The molecule has 3 heterocycles. The Kier molecular flexibility index (Phi) is 5.46. The van der Waals surface area contributed by atoms with Crippen LogP contribution in [0, 0.1) is 24.1 Å². The number of halogens is 1. The monoisotopic (exact) mass is 454 g/mol. The fraction of sp³-hybridized carbons (Fsp3) is 0.231. The molecular formula is C26H23FN6O. The molecule has 0 N–H and O–H groups in total. The van der Waals surface area contributed by atoms with Crippen molar-refractivity contribution in [3.63, 3.8) is 0 Å². The first kappa shape index (κ1) is 21.6. The average Bonchev–Trinajstić information content (AvgIpc) is 3.48. The number of methoxy groups -OCH3 is 1. The second kappa shape index (κ2) is 8.60. The number of nitrogens with zero attached hydrogens (tertiary/aromatic N) is 6. The molecule has 0 amide bonds. The van der Waals surface area contributed by atoms with E-state index in [2.05, 4.69) is 21.1 Å². The Hall–Kier alpha value is -4.25. The molecule has 5 rings (SSSR count). The van der Waals surface area contributed by atoms with E-state index in [4.69, 9.17) is 4.74 Å². The molecule has 170 valence electrons. The van der Waals surface area contributed by atoms with E-state index >= 15 is 0 Å². The van der Waals surface area contributed by atoms with Crippen LogP contribution in [0.25, 0.3) is 17.8 Å². The summed E-state index contributed by atoms with van der Waals surface area (Å²) in [6, 6.07) is 14.5. The van der Waals surface area contributed by atoms with Gasteiger partial charge in [0.15, 0.2) is 11.6 Å². The van der Waals surface area contributed by atoms with Crippen LogP contribution in [0.3, 0.4) is 0 Å². The Morgan fingerprint density at radius 1 is 1.21 bits per heavy atom. The third-order valence-corrected chi connectivity index (χ3v) is 6.12. The predicted molar refractivity (Wildman–Crippen MR) is 126 cm³/mol. The molecule has 1 unspecified atom stereocenters. The normalized spacial score (nSPS) is 17.5. The van der Waals surface area contributed by atoms with Gasteiger partial charge in [0.1, 0.15) is 17.0 Å². The summed E-state index contributed by atoms with van der Waals surface area (Å²) < 4.78 is 23.2. The van der Waals surface area contributed by atoms with Gasteiger partial charge in [0.25, 0.3) is 0 Å². The lowest BCUT2D eigenvalue weighted by Crippen LogP contribution is -2.34. The van der Waals surface area contributed by atoms with E-state index < -0.39 is 5.41 Å². The number of ether oxygens (including phenoxy) is 1. The summed E-state index contributed by atoms with van der Waals surface area (Å²) in [6.07, 6.45) is 8.74. The zero-order valence-corrected chi connectivity index (χ0v) is 18.9. The van der Waals surface area contributed by atoms with Crippen molar-refractivity contribution < 1.29 is 9.13 Å². The van der Waals surface area contributed by atoms with Crippen molar-refractivity contribution in [3.8, 4) is 17.5 Å². The number of nitriles is 1. The fourth-order valence-electron chi connectivity index (χ4n) is 4.44. The summed E-state index contributed by atoms with van der Waals surface area (Å²) in [5, 5.41) is 14.7. The number of benzene rings is 2. The SMILES string of the molecule is COc1cc(/C=C/c2nc3n(n2)CCCC3(C#N)c2cccc(F)c2)ccc1-n1cnc(C)c1. The van der Waals surface area contributed by atoms with E-state index in [0.29, 0.717) is 35.9 Å². The lowest BCUT2D eigenvalue weighted by molar-refractivity contribution is 0.392. The highest BCUT2D eigenvalue weighted by molar-refractivity contribution is 5.69. The Morgan fingerprint density at radius 3 is 2.82 bits per heavy atom. The molecule has 1 aliphatic heterocycles. The van der Waals surface area contributed by atoms with Crippen molar-refractivity contribution in [1.29, 1.82) is 5.26 Å². The minimum atomic E-state index is -1.02. The molecule has 2 aromatic carbocycles. The summed E-state index contributed by atoms with van der Waals surface area (Å²) in [5.41, 5.74) is 2.32. The zero-order chi connectivity index (χ0) is 23.7. The quantitative estimate of drug-likeness (QED) is 0.437. The molecule has 0 aliphatic carbocycles. The number of hydrogen-bond acceptors (Lipinski definition) is 5. The van der Waals surface area contributed by atoms with Gasteiger partial charge in [0.05, 0.1) is 30.9 Å². The van der Waals surface area contributed by atoms with Crippen LogP contribution in [0.5, 0.6) is 5.75 Å². The van der Waals surface area contributed by atoms with Gasteiger partial charge in [-0.3, -0.25) is 0 Å². The van der Waals surface area contributed by atoms with E-state index in [9.17, 15) is 9.65 Å². The van der Waals surface area contributed by atoms with E-state index in [1.165, 1.54) is 12.1 Å². The molecule has 1 aliphatic rings. The molecule has 0 saturated carbocycles. The first-order valence-electron chi connectivity index (χ1n) is 11.0. The summed E-state index contributed by atoms with van der Waals surface area (Å²) in [7, 11) is 1.63. The summed E-state index contributed by atoms with van der Waals surface area (Å²) in [4.78, 5) is 8.96. The molecule has 0 radical (unpaired) electrons. The Labute approximate surface area is 196 Å².